The summed E-state index contributed by atoms with van der Waals surface area (Å²) in [6, 6.07) is 7.72. The number of halogens is 3. The first kappa shape index (κ1) is 24.5. The molecular formula is C24H26F3N5O3. The minimum atomic E-state index is -4.58. The van der Waals surface area contributed by atoms with Crippen molar-refractivity contribution in [2.45, 2.75) is 39.3 Å². The number of aliphatic hydroxyl groups excluding tert-OH is 1. The lowest BCUT2D eigenvalue weighted by atomic mass is 9.76. The highest BCUT2D eigenvalue weighted by atomic mass is 19.4. The van der Waals surface area contributed by atoms with Crippen LogP contribution in [0.5, 0.6) is 5.88 Å². The first-order chi connectivity index (χ1) is 16.5. The van der Waals surface area contributed by atoms with Crippen LogP contribution in [0.25, 0.3) is 5.69 Å². The van der Waals surface area contributed by atoms with E-state index >= 15 is 0 Å². The number of ether oxygens (including phenoxy) is 1. The Bertz CT molecular complexity index is 1250. The molecule has 0 saturated heterocycles. The SMILES string of the molecule is CC1(C)CCc2c(C(F)(F)F)nn(-c3ccc(C(N)=O)c(Nc4ccnc(OCCO)c4)c3)c2C1. The van der Waals surface area contributed by atoms with E-state index in [1.54, 1.807) is 18.2 Å². The van der Waals surface area contributed by atoms with Crippen molar-refractivity contribution in [1.82, 2.24) is 14.8 Å². The fourth-order valence-corrected chi connectivity index (χ4v) is 4.23. The van der Waals surface area contributed by atoms with Crippen LogP contribution in [0, 0.1) is 5.41 Å². The van der Waals surface area contributed by atoms with Crippen molar-refractivity contribution in [3.8, 4) is 11.6 Å². The Morgan fingerprint density at radius 1 is 1.29 bits per heavy atom. The number of pyridine rings is 1. The molecule has 0 saturated carbocycles. The average molecular weight is 489 g/mol. The van der Waals surface area contributed by atoms with Crippen LogP contribution < -0.4 is 15.8 Å². The summed E-state index contributed by atoms with van der Waals surface area (Å²) in [5.74, 6) is -0.455. The highest BCUT2D eigenvalue weighted by Crippen LogP contribution is 2.42. The quantitative estimate of drug-likeness (QED) is 0.462. The fourth-order valence-electron chi connectivity index (χ4n) is 4.23. The maximum absolute atomic E-state index is 13.8. The third kappa shape index (κ3) is 5.24. The van der Waals surface area contributed by atoms with Crippen LogP contribution in [-0.2, 0) is 19.0 Å². The molecule has 4 N–H and O–H groups in total. The van der Waals surface area contributed by atoms with Gasteiger partial charge in [-0.25, -0.2) is 9.67 Å². The minimum Gasteiger partial charge on any atom is -0.475 e. The van der Waals surface area contributed by atoms with E-state index in [4.69, 9.17) is 15.6 Å². The third-order valence-corrected chi connectivity index (χ3v) is 5.92. The third-order valence-electron chi connectivity index (χ3n) is 5.92. The van der Waals surface area contributed by atoms with Crippen LogP contribution in [0.3, 0.4) is 0 Å². The number of rotatable bonds is 7. The van der Waals surface area contributed by atoms with Gasteiger partial charge in [-0.2, -0.15) is 18.3 Å². The molecule has 2 heterocycles. The lowest BCUT2D eigenvalue weighted by Crippen LogP contribution is -2.24. The molecule has 0 bridgehead atoms. The number of aliphatic hydroxyl groups is 1. The summed E-state index contributed by atoms with van der Waals surface area (Å²) < 4.78 is 48.0. The van der Waals surface area contributed by atoms with Crippen molar-refractivity contribution in [2.24, 2.45) is 11.1 Å². The Morgan fingerprint density at radius 3 is 2.74 bits per heavy atom. The second kappa shape index (κ2) is 9.21. The summed E-state index contributed by atoms with van der Waals surface area (Å²) in [5, 5.41) is 16.0. The number of hydrogen-bond acceptors (Lipinski definition) is 6. The molecule has 0 atom stereocenters. The van der Waals surface area contributed by atoms with Gasteiger partial charge in [-0.05, 0) is 48.9 Å². The largest absolute Gasteiger partial charge is 0.475 e. The summed E-state index contributed by atoms with van der Waals surface area (Å²) in [7, 11) is 0. The highest BCUT2D eigenvalue weighted by Gasteiger charge is 2.42. The van der Waals surface area contributed by atoms with E-state index in [1.165, 1.54) is 23.0 Å². The molecule has 0 fully saturated rings. The van der Waals surface area contributed by atoms with Crippen LogP contribution in [-0.4, -0.2) is 39.0 Å². The van der Waals surface area contributed by atoms with Crippen LogP contribution in [0.2, 0.25) is 0 Å². The normalized spacial score (nSPS) is 14.9. The number of nitrogens with one attached hydrogen (secondary N) is 1. The number of primary amides is 1. The zero-order chi connectivity index (χ0) is 25.4. The maximum Gasteiger partial charge on any atom is 0.435 e. The first-order valence-corrected chi connectivity index (χ1v) is 11.1. The predicted octanol–water partition coefficient (Wildman–Crippen LogP) is 4.01. The Labute approximate surface area is 199 Å². The number of nitrogens with zero attached hydrogens (tertiary/aromatic N) is 3. The number of fused-ring (bicyclic) bond motifs is 1. The Hall–Kier alpha value is -3.60. The van der Waals surface area contributed by atoms with Crippen LogP contribution in [0.15, 0.2) is 36.5 Å². The van der Waals surface area contributed by atoms with Gasteiger partial charge in [0.15, 0.2) is 5.69 Å². The Morgan fingerprint density at radius 2 is 2.06 bits per heavy atom. The minimum absolute atomic E-state index is 0.0563. The number of aromatic nitrogens is 3. The van der Waals surface area contributed by atoms with E-state index in [0.29, 0.717) is 35.6 Å². The number of hydrogen-bond donors (Lipinski definition) is 3. The summed E-state index contributed by atoms with van der Waals surface area (Å²) in [5.41, 5.74) is 6.53. The monoisotopic (exact) mass is 489 g/mol. The van der Waals surface area contributed by atoms with Gasteiger partial charge in [-0.3, -0.25) is 4.79 Å². The smallest absolute Gasteiger partial charge is 0.435 e. The summed E-state index contributed by atoms with van der Waals surface area (Å²) in [6.45, 7) is 3.91. The number of anilines is 2. The van der Waals surface area contributed by atoms with Crippen molar-refractivity contribution in [3.05, 3.63) is 59.0 Å². The summed E-state index contributed by atoms with van der Waals surface area (Å²) >= 11 is 0. The van der Waals surface area contributed by atoms with Crippen LogP contribution in [0.1, 0.15) is 47.6 Å². The van der Waals surface area contributed by atoms with E-state index in [9.17, 15) is 18.0 Å². The zero-order valence-electron chi connectivity index (χ0n) is 19.3. The number of carbonyl (C=O) groups is 1. The molecule has 0 aliphatic heterocycles. The molecule has 1 aliphatic rings. The van der Waals surface area contributed by atoms with E-state index < -0.39 is 17.8 Å². The average Bonchev–Trinajstić information content (AvgIpc) is 3.16. The van der Waals surface area contributed by atoms with Crippen molar-refractivity contribution in [2.75, 3.05) is 18.5 Å². The van der Waals surface area contributed by atoms with Gasteiger partial charge in [0.1, 0.15) is 6.61 Å². The van der Waals surface area contributed by atoms with Gasteiger partial charge >= 0.3 is 6.18 Å². The molecule has 186 valence electrons. The first-order valence-electron chi connectivity index (χ1n) is 11.1. The molecular weight excluding hydrogens is 463 g/mol. The molecule has 0 radical (unpaired) electrons. The molecule has 4 rings (SSSR count). The van der Waals surface area contributed by atoms with Gasteiger partial charge in [0.05, 0.1) is 23.5 Å². The van der Waals surface area contributed by atoms with Gasteiger partial charge in [-0.1, -0.05) is 13.8 Å². The lowest BCUT2D eigenvalue weighted by Gasteiger charge is -2.30. The number of nitrogens with two attached hydrogens (primary N) is 1. The second-order valence-corrected chi connectivity index (χ2v) is 9.20. The molecule has 11 heteroatoms. The van der Waals surface area contributed by atoms with Crippen molar-refractivity contribution in [1.29, 1.82) is 0 Å². The van der Waals surface area contributed by atoms with Crippen molar-refractivity contribution < 1.29 is 27.8 Å². The highest BCUT2D eigenvalue weighted by molar-refractivity contribution is 5.99. The van der Waals surface area contributed by atoms with Crippen LogP contribution >= 0.6 is 0 Å². The van der Waals surface area contributed by atoms with Crippen molar-refractivity contribution in [3.63, 3.8) is 0 Å². The van der Waals surface area contributed by atoms with Gasteiger partial charge in [-0.15, -0.1) is 0 Å². The maximum atomic E-state index is 13.8. The van der Waals surface area contributed by atoms with Gasteiger partial charge < -0.3 is 20.9 Å². The van der Waals surface area contributed by atoms with E-state index in [0.717, 1.165) is 0 Å². The lowest BCUT2D eigenvalue weighted by molar-refractivity contribution is -0.142. The van der Waals surface area contributed by atoms with Gasteiger partial charge in [0.2, 0.25) is 5.88 Å². The second-order valence-electron chi connectivity index (χ2n) is 9.20. The summed E-state index contributed by atoms with van der Waals surface area (Å²) in [4.78, 5) is 16.1. The zero-order valence-corrected chi connectivity index (χ0v) is 19.3. The van der Waals surface area contributed by atoms with Gasteiger partial charge in [0.25, 0.3) is 5.91 Å². The molecule has 2 aromatic heterocycles. The Balaban J connectivity index is 1.78. The molecule has 35 heavy (non-hydrogen) atoms. The number of amides is 1. The molecule has 8 nitrogen and oxygen atoms in total. The predicted molar refractivity (Wildman–Crippen MR) is 123 cm³/mol. The summed E-state index contributed by atoms with van der Waals surface area (Å²) in [6.07, 6.45) is -1.75. The van der Waals surface area contributed by atoms with Gasteiger partial charge in [0, 0.05) is 29.2 Å². The molecule has 0 spiro atoms. The molecule has 1 amide bonds. The van der Waals surface area contributed by atoms with Crippen molar-refractivity contribution >= 4 is 17.3 Å². The number of carbonyl (C=O) groups excluding carboxylic acids is 1. The van der Waals surface area contributed by atoms with E-state index in [-0.39, 0.29) is 42.1 Å². The molecule has 1 aromatic carbocycles. The molecule has 3 aromatic rings. The topological polar surface area (TPSA) is 115 Å². The molecule has 1 aliphatic carbocycles. The van der Waals surface area contributed by atoms with E-state index in [2.05, 4.69) is 15.4 Å². The van der Waals surface area contributed by atoms with E-state index in [1.807, 2.05) is 13.8 Å². The Kier molecular flexibility index (Phi) is 6.46. The standard InChI is InChI=1S/C24H26F3N5O3/c1-23(2)7-5-17-19(13-23)32(31-21(17)24(25,26)27)15-3-4-16(22(28)34)18(12-15)30-14-6-8-29-20(11-14)35-10-9-33/h3-4,6,8,11-12,33H,5,7,9-10,13H2,1-2H3,(H2,28,34)(H,29,30). The van der Waals surface area contributed by atoms with Crippen LogP contribution in [0.4, 0.5) is 24.5 Å². The molecule has 0 unspecified atom stereocenters. The number of benzene rings is 1. The number of alkyl halides is 3. The fraction of sp³-hybridized carbons (Fsp3) is 0.375.